The first-order valence-corrected chi connectivity index (χ1v) is 7.27. The third-order valence-corrected chi connectivity index (χ3v) is 3.80. The molecule has 1 saturated carbocycles. The van der Waals surface area contributed by atoms with E-state index in [9.17, 15) is 0 Å². The second-order valence-corrected chi connectivity index (χ2v) is 5.21. The van der Waals surface area contributed by atoms with Gasteiger partial charge in [-0.1, -0.05) is 31.6 Å². The quantitative estimate of drug-likeness (QED) is 0.843. The van der Waals surface area contributed by atoms with Gasteiger partial charge in [0.2, 0.25) is 0 Å². The van der Waals surface area contributed by atoms with Crippen molar-refractivity contribution in [3.63, 3.8) is 0 Å². The molecule has 102 valence electrons. The van der Waals surface area contributed by atoms with Crippen molar-refractivity contribution in [2.45, 2.75) is 45.1 Å². The highest BCUT2D eigenvalue weighted by molar-refractivity contribution is 5.38. The van der Waals surface area contributed by atoms with Crippen molar-refractivity contribution in [2.75, 3.05) is 6.54 Å². The first kappa shape index (κ1) is 14.0. The van der Waals surface area contributed by atoms with Crippen LogP contribution in [-0.2, 0) is 0 Å². The maximum absolute atomic E-state index is 6.07. The molecule has 2 unspecified atom stereocenters. The molecular formula is C17H23NO. The molecule has 0 bridgehead atoms. The van der Waals surface area contributed by atoms with Crippen molar-refractivity contribution in [3.8, 4) is 17.6 Å². The van der Waals surface area contributed by atoms with Gasteiger partial charge in [-0.15, -0.1) is 0 Å². The second-order valence-electron chi connectivity index (χ2n) is 5.21. The number of rotatable bonds is 3. The summed E-state index contributed by atoms with van der Waals surface area (Å²) in [5, 5.41) is 0. The number of nitrogens with two attached hydrogens (primary N) is 1. The minimum atomic E-state index is 0.389. The molecule has 0 aliphatic heterocycles. The molecule has 2 heteroatoms. The van der Waals surface area contributed by atoms with Crippen LogP contribution in [-0.4, -0.2) is 12.6 Å². The average molecular weight is 257 g/mol. The Morgan fingerprint density at radius 3 is 2.74 bits per heavy atom. The molecule has 1 aliphatic carbocycles. The van der Waals surface area contributed by atoms with Crippen LogP contribution in [0.4, 0.5) is 0 Å². The molecule has 0 amide bonds. The predicted molar refractivity (Wildman–Crippen MR) is 79.0 cm³/mol. The summed E-state index contributed by atoms with van der Waals surface area (Å²) in [7, 11) is 0. The topological polar surface area (TPSA) is 35.2 Å². The van der Waals surface area contributed by atoms with Crippen molar-refractivity contribution in [2.24, 2.45) is 11.7 Å². The summed E-state index contributed by atoms with van der Waals surface area (Å²) in [4.78, 5) is 0. The minimum Gasteiger partial charge on any atom is -0.490 e. The zero-order valence-electron chi connectivity index (χ0n) is 11.7. The van der Waals surface area contributed by atoms with Gasteiger partial charge >= 0.3 is 0 Å². The van der Waals surface area contributed by atoms with Gasteiger partial charge in [0, 0.05) is 5.56 Å². The van der Waals surface area contributed by atoms with Crippen LogP contribution < -0.4 is 10.5 Å². The number of benzene rings is 1. The van der Waals surface area contributed by atoms with Crippen molar-refractivity contribution >= 4 is 0 Å². The molecule has 1 aromatic carbocycles. The molecule has 0 heterocycles. The molecule has 2 atom stereocenters. The lowest BCUT2D eigenvalue weighted by Crippen LogP contribution is -2.25. The highest BCUT2D eigenvalue weighted by Crippen LogP contribution is 2.29. The van der Waals surface area contributed by atoms with E-state index in [2.05, 4.69) is 18.8 Å². The Hall–Kier alpha value is -1.46. The number of hydrogen-bond donors (Lipinski definition) is 1. The van der Waals surface area contributed by atoms with E-state index < -0.39 is 0 Å². The van der Waals surface area contributed by atoms with Gasteiger partial charge in [-0.05, 0) is 49.4 Å². The van der Waals surface area contributed by atoms with Crippen LogP contribution in [0.3, 0.4) is 0 Å². The maximum Gasteiger partial charge on any atom is 0.119 e. The maximum atomic E-state index is 6.07. The Morgan fingerprint density at radius 2 is 2.05 bits per heavy atom. The standard InChI is InChI=1S/C17H23NO/c1-2-14-5-3-7-17(13-14)19-16-10-8-15(9-11-16)6-4-12-18/h8-11,14,17H,2-3,5,7,12-13,18H2,1H3. The normalized spacial score (nSPS) is 22.4. The SMILES string of the molecule is CCC1CCCC(Oc2ccc(C#CCN)cc2)C1. The largest absolute Gasteiger partial charge is 0.490 e. The van der Waals surface area contributed by atoms with Gasteiger partial charge in [-0.25, -0.2) is 0 Å². The Balaban J connectivity index is 1.92. The minimum absolute atomic E-state index is 0.389. The Labute approximate surface area is 116 Å². The second kappa shape index (κ2) is 7.21. The van der Waals surface area contributed by atoms with Crippen LogP contribution in [0, 0.1) is 17.8 Å². The van der Waals surface area contributed by atoms with Gasteiger partial charge in [0.05, 0.1) is 12.6 Å². The first-order chi connectivity index (χ1) is 9.31. The third kappa shape index (κ3) is 4.29. The summed E-state index contributed by atoms with van der Waals surface area (Å²) in [6.07, 6.45) is 6.71. The molecule has 2 rings (SSSR count). The summed E-state index contributed by atoms with van der Waals surface area (Å²) in [6.45, 7) is 2.68. The predicted octanol–water partition coefficient (Wildman–Crippen LogP) is 3.34. The van der Waals surface area contributed by atoms with Gasteiger partial charge in [0.1, 0.15) is 5.75 Å². The molecule has 0 saturated heterocycles. The van der Waals surface area contributed by atoms with Gasteiger partial charge in [-0.3, -0.25) is 0 Å². The van der Waals surface area contributed by atoms with E-state index in [1.165, 1.54) is 32.1 Å². The van der Waals surface area contributed by atoms with E-state index in [1.54, 1.807) is 0 Å². The van der Waals surface area contributed by atoms with E-state index in [-0.39, 0.29) is 0 Å². The van der Waals surface area contributed by atoms with Crippen LogP contribution in [0.15, 0.2) is 24.3 Å². The summed E-state index contributed by atoms with van der Waals surface area (Å²) in [5.41, 5.74) is 6.35. The van der Waals surface area contributed by atoms with Crippen LogP contribution in [0.2, 0.25) is 0 Å². The molecular weight excluding hydrogens is 234 g/mol. The van der Waals surface area contributed by atoms with Crippen molar-refractivity contribution < 1.29 is 4.74 Å². The van der Waals surface area contributed by atoms with Crippen LogP contribution in [0.25, 0.3) is 0 Å². The fourth-order valence-electron chi connectivity index (χ4n) is 2.68. The number of hydrogen-bond acceptors (Lipinski definition) is 2. The van der Waals surface area contributed by atoms with E-state index in [0.717, 1.165) is 17.2 Å². The fraction of sp³-hybridized carbons (Fsp3) is 0.529. The summed E-state index contributed by atoms with van der Waals surface area (Å²) < 4.78 is 6.07. The zero-order valence-corrected chi connectivity index (χ0v) is 11.7. The molecule has 1 aliphatic rings. The van der Waals surface area contributed by atoms with Gasteiger partial charge in [0.25, 0.3) is 0 Å². The molecule has 2 nitrogen and oxygen atoms in total. The van der Waals surface area contributed by atoms with Gasteiger partial charge in [-0.2, -0.15) is 0 Å². The van der Waals surface area contributed by atoms with Crippen molar-refractivity contribution in [1.29, 1.82) is 0 Å². The van der Waals surface area contributed by atoms with E-state index in [0.29, 0.717) is 12.6 Å². The van der Waals surface area contributed by atoms with Gasteiger partial charge in [0.15, 0.2) is 0 Å². The Morgan fingerprint density at radius 1 is 1.26 bits per heavy atom. The lowest BCUT2D eigenvalue weighted by Gasteiger charge is -2.28. The Kier molecular flexibility index (Phi) is 5.30. The summed E-state index contributed by atoms with van der Waals surface area (Å²) in [6, 6.07) is 8.02. The molecule has 1 aromatic rings. The molecule has 2 N–H and O–H groups in total. The highest BCUT2D eigenvalue weighted by atomic mass is 16.5. The molecule has 0 aromatic heterocycles. The van der Waals surface area contributed by atoms with Crippen molar-refractivity contribution in [1.82, 2.24) is 0 Å². The highest BCUT2D eigenvalue weighted by Gasteiger charge is 2.21. The Bertz CT molecular complexity index is 441. The average Bonchev–Trinajstić information content (AvgIpc) is 2.47. The third-order valence-electron chi connectivity index (χ3n) is 3.80. The van der Waals surface area contributed by atoms with E-state index >= 15 is 0 Å². The van der Waals surface area contributed by atoms with E-state index in [4.69, 9.17) is 10.5 Å². The van der Waals surface area contributed by atoms with Crippen LogP contribution in [0.1, 0.15) is 44.6 Å². The monoisotopic (exact) mass is 257 g/mol. The summed E-state index contributed by atoms with van der Waals surface area (Å²) >= 11 is 0. The molecule has 19 heavy (non-hydrogen) atoms. The summed E-state index contributed by atoms with van der Waals surface area (Å²) in [5.74, 6) is 7.68. The number of ether oxygens (including phenoxy) is 1. The van der Waals surface area contributed by atoms with Crippen LogP contribution in [0.5, 0.6) is 5.75 Å². The van der Waals surface area contributed by atoms with E-state index in [1.807, 2.05) is 24.3 Å². The van der Waals surface area contributed by atoms with Crippen LogP contribution >= 0.6 is 0 Å². The fourth-order valence-corrected chi connectivity index (χ4v) is 2.68. The molecule has 0 radical (unpaired) electrons. The lowest BCUT2D eigenvalue weighted by molar-refractivity contribution is 0.122. The first-order valence-electron chi connectivity index (χ1n) is 7.27. The van der Waals surface area contributed by atoms with Crippen molar-refractivity contribution in [3.05, 3.63) is 29.8 Å². The smallest absolute Gasteiger partial charge is 0.119 e. The molecule has 1 fully saturated rings. The van der Waals surface area contributed by atoms with Gasteiger partial charge < -0.3 is 10.5 Å². The zero-order chi connectivity index (χ0) is 13.5. The molecule has 0 spiro atoms. The lowest BCUT2D eigenvalue weighted by atomic mass is 9.85.